The van der Waals surface area contributed by atoms with Gasteiger partial charge in [-0.15, -0.1) is 0 Å². The minimum absolute atomic E-state index is 0.0677. The molecule has 1 fully saturated rings. The van der Waals surface area contributed by atoms with Gasteiger partial charge < -0.3 is 15.5 Å². The van der Waals surface area contributed by atoms with Crippen LogP contribution in [0.25, 0.3) is 0 Å². The molecule has 1 aliphatic rings. The summed E-state index contributed by atoms with van der Waals surface area (Å²) in [4.78, 5) is 13.8. The number of hydrogen-bond donors (Lipinski definition) is 3. The Bertz CT molecular complexity index is 462. The quantitative estimate of drug-likeness (QED) is 0.785. The van der Waals surface area contributed by atoms with E-state index < -0.39 is 0 Å². The van der Waals surface area contributed by atoms with Crippen LogP contribution in [0.4, 0.5) is 0 Å². The van der Waals surface area contributed by atoms with Gasteiger partial charge in [0.15, 0.2) is 0 Å². The summed E-state index contributed by atoms with van der Waals surface area (Å²) in [5.41, 5.74) is 0.561. The van der Waals surface area contributed by atoms with Crippen LogP contribution >= 0.6 is 0 Å². The molecule has 1 aliphatic heterocycles. The summed E-state index contributed by atoms with van der Waals surface area (Å²) in [7, 11) is 1.66. The van der Waals surface area contributed by atoms with Crippen molar-refractivity contribution in [1.82, 2.24) is 10.2 Å². The smallest absolute Gasteiger partial charge is 0.222 e. The Morgan fingerprint density at radius 2 is 1.85 bits per heavy atom. The number of hydrogen-bond acceptors (Lipinski definition) is 4. The van der Waals surface area contributed by atoms with Crippen molar-refractivity contribution in [3.8, 4) is 11.5 Å². The first-order chi connectivity index (χ1) is 9.54. The van der Waals surface area contributed by atoms with Crippen molar-refractivity contribution in [2.24, 2.45) is 5.92 Å². The SMILES string of the molecule is CNC(=O)C1CCN(C(C)c2c(O)cccc2O)CC1. The lowest BCUT2D eigenvalue weighted by Crippen LogP contribution is -2.40. The Labute approximate surface area is 119 Å². The minimum Gasteiger partial charge on any atom is -0.507 e. The van der Waals surface area contributed by atoms with Gasteiger partial charge in [0.05, 0.1) is 5.56 Å². The van der Waals surface area contributed by atoms with Gasteiger partial charge in [-0.1, -0.05) is 6.07 Å². The molecule has 1 amide bonds. The Hall–Kier alpha value is -1.75. The summed E-state index contributed by atoms with van der Waals surface area (Å²) < 4.78 is 0. The molecular formula is C15H22N2O3. The van der Waals surface area contributed by atoms with Gasteiger partial charge in [-0.2, -0.15) is 0 Å². The molecule has 5 heteroatoms. The Kier molecular flexibility index (Phi) is 4.49. The summed E-state index contributed by atoms with van der Waals surface area (Å²) in [6.07, 6.45) is 1.61. The second-order valence-electron chi connectivity index (χ2n) is 5.31. The first-order valence-electron chi connectivity index (χ1n) is 7.01. The number of likely N-dealkylation sites (tertiary alicyclic amines) is 1. The largest absolute Gasteiger partial charge is 0.507 e. The number of phenols is 2. The fraction of sp³-hybridized carbons (Fsp3) is 0.533. The first-order valence-corrected chi connectivity index (χ1v) is 7.01. The van der Waals surface area contributed by atoms with E-state index in [4.69, 9.17) is 0 Å². The van der Waals surface area contributed by atoms with Gasteiger partial charge in [-0.3, -0.25) is 9.69 Å². The van der Waals surface area contributed by atoms with E-state index in [1.165, 1.54) is 0 Å². The zero-order chi connectivity index (χ0) is 14.7. The molecule has 110 valence electrons. The molecule has 1 saturated heterocycles. The molecule has 0 radical (unpaired) electrons. The number of benzene rings is 1. The summed E-state index contributed by atoms with van der Waals surface area (Å²) in [6, 6.07) is 4.73. The molecular weight excluding hydrogens is 256 g/mol. The number of nitrogens with one attached hydrogen (secondary N) is 1. The summed E-state index contributed by atoms with van der Waals surface area (Å²) in [5, 5.41) is 22.5. The van der Waals surface area contributed by atoms with Crippen molar-refractivity contribution in [2.45, 2.75) is 25.8 Å². The van der Waals surface area contributed by atoms with Crippen LogP contribution in [0, 0.1) is 5.92 Å². The number of aromatic hydroxyl groups is 2. The van der Waals surface area contributed by atoms with Gasteiger partial charge in [0.25, 0.3) is 0 Å². The highest BCUT2D eigenvalue weighted by Gasteiger charge is 2.29. The number of amides is 1. The van der Waals surface area contributed by atoms with Crippen molar-refractivity contribution in [3.63, 3.8) is 0 Å². The summed E-state index contributed by atoms with van der Waals surface area (Å²) in [6.45, 7) is 3.54. The molecule has 0 aliphatic carbocycles. The average molecular weight is 278 g/mol. The third-order valence-electron chi connectivity index (χ3n) is 4.17. The molecule has 1 atom stereocenters. The van der Waals surface area contributed by atoms with E-state index in [0.29, 0.717) is 5.56 Å². The van der Waals surface area contributed by atoms with E-state index in [0.717, 1.165) is 25.9 Å². The molecule has 0 saturated carbocycles. The van der Waals surface area contributed by atoms with E-state index >= 15 is 0 Å². The highest BCUT2D eigenvalue weighted by molar-refractivity contribution is 5.78. The van der Waals surface area contributed by atoms with Crippen LogP contribution in [0.15, 0.2) is 18.2 Å². The highest BCUT2D eigenvalue weighted by Crippen LogP contribution is 2.37. The molecule has 1 aromatic rings. The van der Waals surface area contributed by atoms with Gasteiger partial charge in [0.1, 0.15) is 11.5 Å². The predicted octanol–water partition coefficient (Wildman–Crippen LogP) is 1.62. The van der Waals surface area contributed by atoms with Crippen molar-refractivity contribution < 1.29 is 15.0 Å². The highest BCUT2D eigenvalue weighted by atomic mass is 16.3. The number of carbonyl (C=O) groups is 1. The lowest BCUT2D eigenvalue weighted by Gasteiger charge is -2.35. The van der Waals surface area contributed by atoms with Crippen LogP contribution < -0.4 is 5.32 Å². The van der Waals surface area contributed by atoms with E-state index in [1.807, 2.05) is 6.92 Å². The van der Waals surface area contributed by atoms with E-state index in [9.17, 15) is 15.0 Å². The molecule has 1 heterocycles. The number of carbonyl (C=O) groups excluding carboxylic acids is 1. The molecule has 0 aromatic heterocycles. The molecule has 0 spiro atoms. The molecule has 1 aromatic carbocycles. The van der Waals surface area contributed by atoms with E-state index in [2.05, 4.69) is 10.2 Å². The number of phenolic OH excluding ortho intramolecular Hbond substituents is 2. The van der Waals surface area contributed by atoms with E-state index in [-0.39, 0.29) is 29.4 Å². The van der Waals surface area contributed by atoms with Gasteiger partial charge in [-0.25, -0.2) is 0 Å². The number of piperidine rings is 1. The van der Waals surface area contributed by atoms with Gasteiger partial charge in [0, 0.05) is 19.0 Å². The fourth-order valence-corrected chi connectivity index (χ4v) is 2.90. The maximum absolute atomic E-state index is 11.6. The zero-order valence-corrected chi connectivity index (χ0v) is 12.0. The van der Waals surface area contributed by atoms with Gasteiger partial charge in [0.2, 0.25) is 5.91 Å². The second-order valence-corrected chi connectivity index (χ2v) is 5.31. The number of nitrogens with zero attached hydrogens (tertiary/aromatic N) is 1. The normalized spacial score (nSPS) is 18.7. The Morgan fingerprint density at radius 3 is 2.35 bits per heavy atom. The van der Waals surface area contributed by atoms with Crippen LogP contribution in [0.1, 0.15) is 31.4 Å². The maximum Gasteiger partial charge on any atom is 0.222 e. The van der Waals surface area contributed by atoms with Gasteiger partial charge in [-0.05, 0) is 45.0 Å². The molecule has 2 rings (SSSR count). The van der Waals surface area contributed by atoms with Crippen LogP contribution in [-0.4, -0.2) is 41.2 Å². The lowest BCUT2D eigenvalue weighted by molar-refractivity contribution is -0.126. The maximum atomic E-state index is 11.6. The standard InChI is InChI=1S/C15H22N2O3/c1-10(14-12(18)4-3-5-13(14)19)17-8-6-11(7-9-17)15(20)16-2/h3-5,10-11,18-19H,6-9H2,1-2H3,(H,16,20). The second kappa shape index (κ2) is 6.13. The summed E-state index contributed by atoms with van der Waals surface area (Å²) >= 11 is 0. The first kappa shape index (κ1) is 14.7. The number of rotatable bonds is 3. The van der Waals surface area contributed by atoms with E-state index in [1.54, 1.807) is 25.2 Å². The van der Waals surface area contributed by atoms with Crippen molar-refractivity contribution in [3.05, 3.63) is 23.8 Å². The third-order valence-corrected chi connectivity index (χ3v) is 4.17. The van der Waals surface area contributed by atoms with Crippen LogP contribution in [0.5, 0.6) is 11.5 Å². The molecule has 3 N–H and O–H groups in total. The van der Waals surface area contributed by atoms with Crippen LogP contribution in [-0.2, 0) is 4.79 Å². The predicted molar refractivity (Wildman–Crippen MR) is 76.6 cm³/mol. The Morgan fingerprint density at radius 1 is 1.30 bits per heavy atom. The molecule has 20 heavy (non-hydrogen) atoms. The Balaban J connectivity index is 2.05. The minimum atomic E-state index is -0.0677. The fourth-order valence-electron chi connectivity index (χ4n) is 2.90. The van der Waals surface area contributed by atoms with Crippen molar-refractivity contribution in [2.75, 3.05) is 20.1 Å². The molecule has 1 unspecified atom stereocenters. The van der Waals surface area contributed by atoms with Crippen LogP contribution in [0.2, 0.25) is 0 Å². The molecule has 5 nitrogen and oxygen atoms in total. The topological polar surface area (TPSA) is 72.8 Å². The summed E-state index contributed by atoms with van der Waals surface area (Å²) in [5.74, 6) is 0.404. The van der Waals surface area contributed by atoms with Crippen molar-refractivity contribution >= 4 is 5.91 Å². The van der Waals surface area contributed by atoms with Gasteiger partial charge >= 0.3 is 0 Å². The third kappa shape index (κ3) is 2.88. The zero-order valence-electron chi connectivity index (χ0n) is 12.0. The average Bonchev–Trinajstić information content (AvgIpc) is 2.46. The lowest BCUT2D eigenvalue weighted by atomic mass is 9.93. The van der Waals surface area contributed by atoms with Crippen molar-refractivity contribution in [1.29, 1.82) is 0 Å². The monoisotopic (exact) mass is 278 g/mol. The molecule has 0 bridgehead atoms. The van der Waals surface area contributed by atoms with Crippen LogP contribution in [0.3, 0.4) is 0 Å².